The highest BCUT2D eigenvalue weighted by molar-refractivity contribution is 9.09. The Labute approximate surface area is 89.2 Å². The third-order valence-electron chi connectivity index (χ3n) is 1.53. The SMILES string of the molecule is NC(=O)Oc1cc(F)cc(CCBr)c1. The Balaban J connectivity index is 2.88. The van der Waals surface area contributed by atoms with Gasteiger partial charge in [0.25, 0.3) is 0 Å². The molecule has 1 aromatic carbocycles. The molecule has 0 fully saturated rings. The first kappa shape index (κ1) is 11.0. The predicted octanol–water partition coefficient (Wildman–Crippen LogP) is 2.22. The molecular formula is C9H9BrFNO2. The zero-order valence-corrected chi connectivity index (χ0v) is 8.88. The molecule has 0 atom stereocenters. The molecule has 0 spiro atoms. The number of rotatable bonds is 3. The summed E-state index contributed by atoms with van der Waals surface area (Å²) in [4.78, 5) is 10.4. The highest BCUT2D eigenvalue weighted by Crippen LogP contribution is 2.17. The van der Waals surface area contributed by atoms with E-state index in [1.54, 1.807) is 6.07 Å². The molecule has 1 amide bonds. The molecule has 1 rings (SSSR count). The van der Waals surface area contributed by atoms with Crippen molar-refractivity contribution in [2.45, 2.75) is 6.42 Å². The number of carbonyl (C=O) groups is 1. The normalized spacial score (nSPS) is 9.86. The molecule has 0 aromatic heterocycles. The Kier molecular flexibility index (Phi) is 3.88. The smallest absolute Gasteiger partial charge is 0.409 e. The standard InChI is InChI=1S/C9H9BrFNO2/c10-2-1-6-3-7(11)5-8(4-6)14-9(12)13/h3-5H,1-2H2,(H2,12,13). The van der Waals surface area contributed by atoms with Crippen LogP contribution in [0.5, 0.6) is 5.75 Å². The molecule has 0 saturated carbocycles. The van der Waals surface area contributed by atoms with Gasteiger partial charge in [-0.2, -0.15) is 0 Å². The lowest BCUT2D eigenvalue weighted by Gasteiger charge is -2.03. The van der Waals surface area contributed by atoms with Gasteiger partial charge in [-0.3, -0.25) is 0 Å². The predicted molar refractivity (Wildman–Crippen MR) is 54.1 cm³/mol. The molecule has 0 aliphatic carbocycles. The van der Waals surface area contributed by atoms with Crippen LogP contribution in [0.4, 0.5) is 9.18 Å². The zero-order valence-electron chi connectivity index (χ0n) is 7.30. The van der Waals surface area contributed by atoms with E-state index in [4.69, 9.17) is 5.73 Å². The van der Waals surface area contributed by atoms with E-state index in [1.165, 1.54) is 6.07 Å². The second-order valence-electron chi connectivity index (χ2n) is 2.66. The van der Waals surface area contributed by atoms with Gasteiger partial charge in [0, 0.05) is 11.4 Å². The van der Waals surface area contributed by atoms with Crippen molar-refractivity contribution in [3.8, 4) is 5.75 Å². The van der Waals surface area contributed by atoms with Crippen LogP contribution in [0.3, 0.4) is 0 Å². The molecule has 1 aromatic rings. The lowest BCUT2D eigenvalue weighted by molar-refractivity contribution is 0.210. The van der Waals surface area contributed by atoms with Crippen LogP contribution >= 0.6 is 15.9 Å². The fraction of sp³-hybridized carbons (Fsp3) is 0.222. The number of alkyl halides is 1. The minimum Gasteiger partial charge on any atom is -0.410 e. The molecule has 14 heavy (non-hydrogen) atoms. The van der Waals surface area contributed by atoms with Crippen molar-refractivity contribution >= 4 is 22.0 Å². The second kappa shape index (κ2) is 4.95. The van der Waals surface area contributed by atoms with Crippen molar-refractivity contribution in [3.05, 3.63) is 29.6 Å². The summed E-state index contributed by atoms with van der Waals surface area (Å²) in [5.74, 6) is -0.312. The maximum Gasteiger partial charge on any atom is 0.409 e. The fourth-order valence-corrected chi connectivity index (χ4v) is 1.51. The minimum atomic E-state index is -0.944. The summed E-state index contributed by atoms with van der Waals surface area (Å²) in [5.41, 5.74) is 5.55. The van der Waals surface area contributed by atoms with Gasteiger partial charge < -0.3 is 10.5 Å². The molecule has 76 valence electrons. The summed E-state index contributed by atoms with van der Waals surface area (Å²) in [6.07, 6.45) is -0.284. The first-order valence-corrected chi connectivity index (χ1v) is 5.06. The van der Waals surface area contributed by atoms with Gasteiger partial charge in [-0.05, 0) is 24.1 Å². The number of nitrogens with two attached hydrogens (primary N) is 1. The summed E-state index contributed by atoms with van der Waals surface area (Å²) >= 11 is 3.23. The summed E-state index contributed by atoms with van der Waals surface area (Å²) < 4.78 is 17.5. The van der Waals surface area contributed by atoms with Crippen LogP contribution < -0.4 is 10.5 Å². The Morgan fingerprint density at radius 2 is 2.21 bits per heavy atom. The Morgan fingerprint density at radius 3 is 2.79 bits per heavy atom. The zero-order chi connectivity index (χ0) is 10.6. The fourth-order valence-electron chi connectivity index (χ4n) is 1.05. The van der Waals surface area contributed by atoms with Gasteiger partial charge in [-0.25, -0.2) is 9.18 Å². The highest BCUT2D eigenvalue weighted by Gasteiger charge is 2.03. The minimum absolute atomic E-state index is 0.133. The van der Waals surface area contributed by atoms with Crippen LogP contribution in [0.15, 0.2) is 18.2 Å². The van der Waals surface area contributed by atoms with Gasteiger partial charge in [-0.1, -0.05) is 15.9 Å². The molecule has 0 aliphatic heterocycles. The third-order valence-corrected chi connectivity index (χ3v) is 1.93. The molecule has 0 heterocycles. The number of aryl methyl sites for hydroxylation is 1. The number of carbonyl (C=O) groups excluding carboxylic acids is 1. The van der Waals surface area contributed by atoms with Crippen molar-refractivity contribution in [2.75, 3.05) is 5.33 Å². The Hall–Kier alpha value is -1.10. The summed E-state index contributed by atoms with van der Waals surface area (Å²) in [7, 11) is 0. The lowest BCUT2D eigenvalue weighted by atomic mass is 10.1. The van der Waals surface area contributed by atoms with Crippen molar-refractivity contribution in [3.63, 3.8) is 0 Å². The third kappa shape index (κ3) is 3.33. The van der Waals surface area contributed by atoms with Crippen LogP contribution in [0, 0.1) is 5.82 Å². The summed E-state index contributed by atoms with van der Waals surface area (Å²) in [6.45, 7) is 0. The topological polar surface area (TPSA) is 52.3 Å². The number of amides is 1. The molecule has 0 unspecified atom stereocenters. The van der Waals surface area contributed by atoms with Gasteiger partial charge in [0.1, 0.15) is 11.6 Å². The number of benzene rings is 1. The Bertz CT molecular complexity index is 344. The largest absolute Gasteiger partial charge is 0.410 e. The molecule has 3 nitrogen and oxygen atoms in total. The van der Waals surface area contributed by atoms with Crippen LogP contribution in [0.2, 0.25) is 0 Å². The van der Waals surface area contributed by atoms with Gasteiger partial charge in [0.2, 0.25) is 0 Å². The molecule has 0 radical (unpaired) electrons. The van der Waals surface area contributed by atoms with Gasteiger partial charge in [0.15, 0.2) is 0 Å². The van der Waals surface area contributed by atoms with Crippen LogP contribution in [0.1, 0.15) is 5.56 Å². The van der Waals surface area contributed by atoms with Gasteiger partial charge >= 0.3 is 6.09 Å². The molecule has 5 heteroatoms. The number of ether oxygens (including phenoxy) is 1. The number of hydrogen-bond donors (Lipinski definition) is 1. The molecule has 0 bridgehead atoms. The van der Waals surface area contributed by atoms with Crippen molar-refractivity contribution in [1.29, 1.82) is 0 Å². The molecule has 0 aliphatic rings. The molecule has 2 N–H and O–H groups in total. The van der Waals surface area contributed by atoms with Gasteiger partial charge in [-0.15, -0.1) is 0 Å². The van der Waals surface area contributed by atoms with Crippen molar-refractivity contribution in [1.82, 2.24) is 0 Å². The summed E-state index contributed by atoms with van der Waals surface area (Å²) in [5, 5.41) is 0.715. The molecular weight excluding hydrogens is 253 g/mol. The average molecular weight is 262 g/mol. The van der Waals surface area contributed by atoms with Crippen molar-refractivity contribution < 1.29 is 13.9 Å². The second-order valence-corrected chi connectivity index (χ2v) is 3.45. The van der Waals surface area contributed by atoms with Gasteiger partial charge in [0.05, 0.1) is 0 Å². The van der Waals surface area contributed by atoms with Crippen LogP contribution in [-0.2, 0) is 6.42 Å². The first-order valence-electron chi connectivity index (χ1n) is 3.94. The number of halogens is 2. The average Bonchev–Trinajstić information content (AvgIpc) is 2.01. The number of primary amides is 1. The quantitative estimate of drug-likeness (QED) is 0.849. The van der Waals surface area contributed by atoms with E-state index >= 15 is 0 Å². The first-order chi connectivity index (χ1) is 6.61. The summed E-state index contributed by atoms with van der Waals surface area (Å²) in [6, 6.07) is 4.08. The maximum atomic E-state index is 13.0. The van der Waals surface area contributed by atoms with Crippen LogP contribution in [0.25, 0.3) is 0 Å². The van der Waals surface area contributed by atoms with Crippen LogP contribution in [-0.4, -0.2) is 11.4 Å². The van der Waals surface area contributed by atoms with E-state index in [2.05, 4.69) is 20.7 Å². The van der Waals surface area contributed by atoms with E-state index in [9.17, 15) is 9.18 Å². The van der Waals surface area contributed by atoms with E-state index in [1.807, 2.05) is 0 Å². The van der Waals surface area contributed by atoms with Crippen molar-refractivity contribution in [2.24, 2.45) is 5.73 Å². The van der Waals surface area contributed by atoms with E-state index in [0.717, 1.165) is 11.6 Å². The van der Waals surface area contributed by atoms with E-state index in [-0.39, 0.29) is 5.75 Å². The maximum absolute atomic E-state index is 13.0. The number of hydrogen-bond acceptors (Lipinski definition) is 2. The lowest BCUT2D eigenvalue weighted by Crippen LogP contribution is -2.16. The Morgan fingerprint density at radius 1 is 1.50 bits per heavy atom. The monoisotopic (exact) mass is 261 g/mol. The van der Waals surface area contributed by atoms with E-state index in [0.29, 0.717) is 11.8 Å². The highest BCUT2D eigenvalue weighted by atomic mass is 79.9. The van der Waals surface area contributed by atoms with E-state index < -0.39 is 11.9 Å². The molecule has 0 saturated heterocycles.